The lowest BCUT2D eigenvalue weighted by Crippen LogP contribution is -2.38. The van der Waals surface area contributed by atoms with Crippen LogP contribution in [0.1, 0.15) is 37.1 Å². The molecule has 33 heavy (non-hydrogen) atoms. The second kappa shape index (κ2) is 9.76. The minimum absolute atomic E-state index is 0.324. The van der Waals surface area contributed by atoms with Crippen LogP contribution < -0.4 is 16.0 Å². The fourth-order valence-electron chi connectivity index (χ4n) is 4.38. The van der Waals surface area contributed by atoms with Crippen LogP contribution in [0.25, 0.3) is 17.0 Å². The number of hydrogen-bond acceptors (Lipinski definition) is 7. The summed E-state index contributed by atoms with van der Waals surface area (Å²) in [5.74, 6) is 0.169. The molecule has 5 rings (SSSR count). The van der Waals surface area contributed by atoms with Crippen molar-refractivity contribution in [2.45, 2.75) is 44.2 Å². The van der Waals surface area contributed by atoms with Gasteiger partial charge in [-0.1, -0.05) is 18.2 Å². The highest BCUT2D eigenvalue weighted by Gasteiger charge is 2.25. The number of aromatic nitrogens is 3. The van der Waals surface area contributed by atoms with Crippen LogP contribution in [0.3, 0.4) is 0 Å². The van der Waals surface area contributed by atoms with E-state index in [-0.39, 0.29) is 11.1 Å². The maximum atomic E-state index is 11.7. The van der Waals surface area contributed by atoms with Crippen molar-refractivity contribution in [3.8, 4) is 0 Å². The van der Waals surface area contributed by atoms with Crippen molar-refractivity contribution in [2.75, 3.05) is 11.9 Å². The highest BCUT2D eigenvalue weighted by molar-refractivity contribution is 8.18. The summed E-state index contributed by atoms with van der Waals surface area (Å²) in [4.78, 5) is 35.7. The summed E-state index contributed by atoms with van der Waals surface area (Å²) >= 11 is 0.888. The fourth-order valence-corrected chi connectivity index (χ4v) is 5.05. The van der Waals surface area contributed by atoms with Gasteiger partial charge in [0.1, 0.15) is 0 Å². The van der Waals surface area contributed by atoms with Gasteiger partial charge in [0, 0.05) is 36.0 Å². The molecule has 8 nitrogen and oxygen atoms in total. The molecule has 0 atom stereocenters. The van der Waals surface area contributed by atoms with Crippen molar-refractivity contribution < 1.29 is 9.59 Å². The molecule has 0 bridgehead atoms. The van der Waals surface area contributed by atoms with Crippen LogP contribution in [0.5, 0.6) is 0 Å². The molecule has 1 saturated carbocycles. The van der Waals surface area contributed by atoms with Crippen molar-refractivity contribution in [1.82, 2.24) is 25.6 Å². The van der Waals surface area contributed by atoms with Crippen molar-refractivity contribution in [3.63, 3.8) is 0 Å². The Bertz CT molecular complexity index is 1170. The lowest BCUT2D eigenvalue weighted by atomic mass is 9.91. The van der Waals surface area contributed by atoms with E-state index in [1.165, 1.54) is 16.6 Å². The quantitative estimate of drug-likeness (QED) is 0.395. The minimum atomic E-state index is -0.381. The number of hydrogen-bond donors (Lipinski definition) is 4. The van der Waals surface area contributed by atoms with E-state index in [1.807, 2.05) is 0 Å². The molecule has 2 aromatic heterocycles. The van der Waals surface area contributed by atoms with Crippen LogP contribution in [0, 0.1) is 0 Å². The Labute approximate surface area is 196 Å². The van der Waals surface area contributed by atoms with Gasteiger partial charge in [-0.25, -0.2) is 9.97 Å². The predicted octanol–water partition coefficient (Wildman–Crippen LogP) is 3.84. The monoisotopic (exact) mass is 462 g/mol. The Morgan fingerprint density at radius 1 is 1.09 bits per heavy atom. The summed E-state index contributed by atoms with van der Waals surface area (Å²) in [6.07, 6.45) is 8.58. The predicted molar refractivity (Wildman–Crippen MR) is 131 cm³/mol. The molecular formula is C24H26N6O2S. The molecule has 4 N–H and O–H groups in total. The number of carbonyl (C=O) groups is 2. The number of fused-ring (bicyclic) bond motifs is 1. The zero-order chi connectivity index (χ0) is 22.6. The number of anilines is 1. The molecule has 0 spiro atoms. The van der Waals surface area contributed by atoms with Gasteiger partial charge in [-0.15, -0.1) is 0 Å². The fraction of sp³-hybridized carbons (Fsp3) is 0.333. The first kappa shape index (κ1) is 21.7. The normalized spacial score (nSPS) is 22.1. The molecule has 1 saturated heterocycles. The number of nitrogens with one attached hydrogen (secondary N) is 4. The highest BCUT2D eigenvalue weighted by atomic mass is 32.2. The van der Waals surface area contributed by atoms with Gasteiger partial charge in [0.25, 0.3) is 11.1 Å². The first-order valence-corrected chi connectivity index (χ1v) is 12.1. The van der Waals surface area contributed by atoms with Gasteiger partial charge in [0.05, 0.1) is 10.6 Å². The largest absolute Gasteiger partial charge is 0.358 e. The Balaban J connectivity index is 1.08. The number of para-hydroxylation sites is 1. The number of carbonyl (C=O) groups excluding carboxylic acids is 2. The first-order chi connectivity index (χ1) is 16.1. The molecule has 2 amide bonds. The zero-order valence-corrected chi connectivity index (χ0v) is 19.0. The number of amides is 2. The number of benzene rings is 1. The molecule has 1 aliphatic carbocycles. The second-order valence-electron chi connectivity index (χ2n) is 8.44. The number of imide groups is 1. The number of H-pyrrole nitrogens is 1. The van der Waals surface area contributed by atoms with Gasteiger partial charge in [0.2, 0.25) is 5.95 Å². The first-order valence-electron chi connectivity index (χ1n) is 11.3. The summed E-state index contributed by atoms with van der Waals surface area (Å²) in [7, 11) is 0. The van der Waals surface area contributed by atoms with Crippen LogP contribution in [0.2, 0.25) is 0 Å². The van der Waals surface area contributed by atoms with E-state index in [0.29, 0.717) is 28.6 Å². The minimum Gasteiger partial charge on any atom is -0.358 e. The molecule has 0 unspecified atom stereocenters. The Kier molecular flexibility index (Phi) is 6.41. The van der Waals surface area contributed by atoms with Gasteiger partial charge < -0.3 is 15.6 Å². The molecule has 1 aliphatic heterocycles. The Morgan fingerprint density at radius 3 is 2.70 bits per heavy atom. The average Bonchev–Trinajstić information content (AvgIpc) is 3.37. The zero-order valence-electron chi connectivity index (χ0n) is 18.1. The van der Waals surface area contributed by atoms with Crippen molar-refractivity contribution in [1.29, 1.82) is 0 Å². The van der Waals surface area contributed by atoms with E-state index in [1.54, 1.807) is 18.3 Å². The van der Waals surface area contributed by atoms with Crippen molar-refractivity contribution >= 4 is 45.8 Å². The summed E-state index contributed by atoms with van der Waals surface area (Å²) < 4.78 is 0. The topological polar surface area (TPSA) is 112 Å². The SMILES string of the molecule is O=C1NC(=O)/C(=C/c2ccnc(NC3CCC(NCCc4cc5ccccc5[nH]4)CC3)n2)S1. The third-order valence-electron chi connectivity index (χ3n) is 6.07. The van der Waals surface area contributed by atoms with Crippen molar-refractivity contribution in [3.05, 3.63) is 58.9 Å². The summed E-state index contributed by atoms with van der Waals surface area (Å²) in [5.41, 5.74) is 3.07. The van der Waals surface area contributed by atoms with E-state index in [4.69, 9.17) is 0 Å². The molecule has 3 aromatic rings. The van der Waals surface area contributed by atoms with E-state index >= 15 is 0 Å². The van der Waals surface area contributed by atoms with Gasteiger partial charge in [-0.05, 0) is 73.5 Å². The number of thioether (sulfide) groups is 1. The smallest absolute Gasteiger partial charge is 0.290 e. The standard InChI is InChI=1S/C24H26N6O2S/c31-22-21(33-24(32)30-22)14-19-10-12-26-23(29-19)28-17-7-5-16(6-8-17)25-11-9-18-13-15-3-1-2-4-20(15)27-18/h1-4,10,12-14,16-17,25,27H,5-9,11H2,(H,26,28,29)(H,30,31,32)/b21-14-. The summed E-state index contributed by atoms with van der Waals surface area (Å²) in [6.45, 7) is 0.962. The summed E-state index contributed by atoms with van der Waals surface area (Å²) in [6, 6.07) is 13.2. The highest BCUT2D eigenvalue weighted by Crippen LogP contribution is 2.26. The lowest BCUT2D eigenvalue weighted by Gasteiger charge is -2.29. The van der Waals surface area contributed by atoms with Gasteiger partial charge in [-0.2, -0.15) is 0 Å². The second-order valence-corrected chi connectivity index (χ2v) is 9.45. The molecule has 2 fully saturated rings. The summed E-state index contributed by atoms with van der Waals surface area (Å²) in [5, 5.41) is 10.3. The third kappa shape index (κ3) is 5.43. The van der Waals surface area contributed by atoms with E-state index in [2.05, 4.69) is 61.2 Å². The Hall–Kier alpha value is -3.17. The van der Waals surface area contributed by atoms with E-state index in [9.17, 15) is 9.59 Å². The number of nitrogens with zero attached hydrogens (tertiary/aromatic N) is 2. The van der Waals surface area contributed by atoms with E-state index in [0.717, 1.165) is 50.4 Å². The van der Waals surface area contributed by atoms with Gasteiger partial charge >= 0.3 is 0 Å². The third-order valence-corrected chi connectivity index (χ3v) is 6.88. The molecule has 3 heterocycles. The van der Waals surface area contributed by atoms with Crippen LogP contribution in [0.15, 0.2) is 47.5 Å². The molecule has 0 radical (unpaired) electrons. The number of aromatic amines is 1. The van der Waals surface area contributed by atoms with Crippen LogP contribution in [-0.4, -0.2) is 44.7 Å². The van der Waals surface area contributed by atoms with Gasteiger partial charge in [0.15, 0.2) is 0 Å². The van der Waals surface area contributed by atoms with E-state index < -0.39 is 0 Å². The van der Waals surface area contributed by atoms with Crippen LogP contribution >= 0.6 is 11.8 Å². The molecule has 9 heteroatoms. The Morgan fingerprint density at radius 2 is 1.91 bits per heavy atom. The lowest BCUT2D eigenvalue weighted by molar-refractivity contribution is -0.115. The van der Waals surface area contributed by atoms with Crippen LogP contribution in [-0.2, 0) is 11.2 Å². The molecule has 1 aromatic carbocycles. The average molecular weight is 463 g/mol. The maximum Gasteiger partial charge on any atom is 0.290 e. The molecular weight excluding hydrogens is 436 g/mol. The number of rotatable bonds is 7. The van der Waals surface area contributed by atoms with Gasteiger partial charge in [-0.3, -0.25) is 14.9 Å². The maximum absolute atomic E-state index is 11.7. The molecule has 170 valence electrons. The van der Waals surface area contributed by atoms with Crippen molar-refractivity contribution in [2.24, 2.45) is 0 Å². The van der Waals surface area contributed by atoms with Crippen LogP contribution in [0.4, 0.5) is 10.7 Å². The molecule has 2 aliphatic rings.